The average molecular weight is 564 g/mol. The molecule has 1 heterocycles. The molecule has 0 aliphatic carbocycles. The van der Waals surface area contributed by atoms with Crippen LogP contribution in [0, 0.1) is 13.8 Å². The lowest BCUT2D eigenvalue weighted by molar-refractivity contribution is -0.122. The summed E-state index contributed by atoms with van der Waals surface area (Å²) in [4.78, 5) is 39.7. The highest BCUT2D eigenvalue weighted by Gasteiger charge is 2.34. The number of aryl methyl sites for hydroxylation is 2. The minimum atomic E-state index is -0.630. The third-order valence-electron chi connectivity index (χ3n) is 5.90. The summed E-state index contributed by atoms with van der Waals surface area (Å²) in [6.07, 6.45) is 1.40. The van der Waals surface area contributed by atoms with Gasteiger partial charge in [0.05, 0.1) is 17.3 Å². The van der Waals surface area contributed by atoms with Gasteiger partial charge in [0.2, 0.25) is 0 Å². The standard InChI is InChI=1S/C29H26ClN3O5S/c1-4-37-24-15-19(13-22-27(35)32-29(39)33(28(22)36)21-8-6-5-7-9-21)14-23(30)26(24)38-16-25(34)31-20-11-10-17(2)18(3)12-20/h5-15H,4,16H2,1-3H3,(H,31,34)(H,32,35,39)/b22-13-. The third kappa shape index (κ3) is 6.45. The van der Waals surface area contributed by atoms with Crippen LogP contribution >= 0.6 is 23.8 Å². The minimum Gasteiger partial charge on any atom is -0.490 e. The van der Waals surface area contributed by atoms with Crippen LogP contribution in [0.2, 0.25) is 5.02 Å². The summed E-state index contributed by atoms with van der Waals surface area (Å²) < 4.78 is 11.4. The van der Waals surface area contributed by atoms with Gasteiger partial charge in [-0.1, -0.05) is 35.9 Å². The van der Waals surface area contributed by atoms with E-state index in [1.54, 1.807) is 37.3 Å². The second-order valence-corrected chi connectivity index (χ2v) is 9.49. The summed E-state index contributed by atoms with van der Waals surface area (Å²) in [5.41, 5.74) is 3.65. The van der Waals surface area contributed by atoms with E-state index in [0.29, 0.717) is 16.9 Å². The van der Waals surface area contributed by atoms with Gasteiger partial charge in [-0.3, -0.25) is 24.6 Å². The maximum Gasteiger partial charge on any atom is 0.270 e. The largest absolute Gasteiger partial charge is 0.490 e. The van der Waals surface area contributed by atoms with Crippen molar-refractivity contribution in [1.29, 1.82) is 0 Å². The molecule has 0 atom stereocenters. The Hall–Kier alpha value is -4.21. The molecule has 3 amide bonds. The zero-order valence-electron chi connectivity index (χ0n) is 21.5. The van der Waals surface area contributed by atoms with E-state index < -0.39 is 11.8 Å². The Morgan fingerprint density at radius 2 is 1.79 bits per heavy atom. The first-order valence-electron chi connectivity index (χ1n) is 12.1. The van der Waals surface area contributed by atoms with Gasteiger partial charge >= 0.3 is 0 Å². The molecule has 1 saturated heterocycles. The van der Waals surface area contributed by atoms with Crippen LogP contribution in [-0.4, -0.2) is 36.0 Å². The quantitative estimate of drug-likeness (QED) is 0.222. The molecule has 0 aromatic heterocycles. The summed E-state index contributed by atoms with van der Waals surface area (Å²) in [6, 6.07) is 17.5. The number of rotatable bonds is 8. The van der Waals surface area contributed by atoms with Crippen LogP contribution in [0.15, 0.2) is 66.2 Å². The van der Waals surface area contributed by atoms with Crippen LogP contribution in [0.25, 0.3) is 6.08 Å². The van der Waals surface area contributed by atoms with E-state index in [1.165, 1.54) is 17.0 Å². The lowest BCUT2D eigenvalue weighted by atomic mass is 10.1. The van der Waals surface area contributed by atoms with Gasteiger partial charge in [0.1, 0.15) is 5.57 Å². The molecule has 1 aliphatic heterocycles. The van der Waals surface area contributed by atoms with E-state index in [9.17, 15) is 14.4 Å². The fourth-order valence-electron chi connectivity index (χ4n) is 3.86. The number of nitrogens with zero attached hydrogens (tertiary/aromatic N) is 1. The second kappa shape index (κ2) is 12.1. The number of amides is 3. The molecule has 39 heavy (non-hydrogen) atoms. The Labute approximate surface area is 236 Å². The van der Waals surface area contributed by atoms with Crippen LogP contribution in [0.1, 0.15) is 23.6 Å². The zero-order valence-corrected chi connectivity index (χ0v) is 23.1. The van der Waals surface area contributed by atoms with Crippen molar-refractivity contribution in [3.05, 3.63) is 87.9 Å². The SMILES string of the molecule is CCOc1cc(/C=C2/C(=O)NC(=S)N(c3ccccc3)C2=O)cc(Cl)c1OCC(=O)Nc1ccc(C)c(C)c1. The number of ether oxygens (including phenoxy) is 2. The summed E-state index contributed by atoms with van der Waals surface area (Å²) in [6.45, 7) is 5.72. The third-order valence-corrected chi connectivity index (χ3v) is 6.46. The number of benzene rings is 3. The van der Waals surface area contributed by atoms with Crippen LogP contribution in [0.4, 0.5) is 11.4 Å². The maximum atomic E-state index is 13.3. The fourth-order valence-corrected chi connectivity index (χ4v) is 4.42. The Balaban J connectivity index is 1.56. The van der Waals surface area contributed by atoms with E-state index in [4.69, 9.17) is 33.3 Å². The summed E-state index contributed by atoms with van der Waals surface area (Å²) in [5.74, 6) is -1.15. The van der Waals surface area contributed by atoms with E-state index in [2.05, 4.69) is 10.6 Å². The number of nitrogens with one attached hydrogen (secondary N) is 2. The predicted molar refractivity (Wildman–Crippen MR) is 155 cm³/mol. The molecule has 10 heteroatoms. The molecule has 4 rings (SSSR count). The van der Waals surface area contributed by atoms with Gasteiger partial charge < -0.3 is 14.8 Å². The molecule has 8 nitrogen and oxygen atoms in total. The molecular weight excluding hydrogens is 538 g/mol. The number of halogens is 1. The average Bonchev–Trinajstić information content (AvgIpc) is 2.89. The molecule has 1 aliphatic rings. The lowest BCUT2D eigenvalue weighted by Crippen LogP contribution is -2.54. The highest BCUT2D eigenvalue weighted by atomic mass is 35.5. The molecule has 0 radical (unpaired) electrons. The van der Waals surface area contributed by atoms with Gasteiger partial charge in [-0.15, -0.1) is 0 Å². The molecule has 3 aromatic carbocycles. The Kier molecular flexibility index (Phi) is 8.63. The first-order valence-corrected chi connectivity index (χ1v) is 12.9. The molecular formula is C29H26ClN3O5S. The molecule has 0 unspecified atom stereocenters. The molecule has 3 aromatic rings. The van der Waals surface area contributed by atoms with Crippen LogP contribution in [0.3, 0.4) is 0 Å². The summed E-state index contributed by atoms with van der Waals surface area (Å²) in [7, 11) is 0. The van der Waals surface area contributed by atoms with Gasteiger partial charge in [-0.2, -0.15) is 0 Å². The smallest absolute Gasteiger partial charge is 0.270 e. The highest BCUT2D eigenvalue weighted by molar-refractivity contribution is 7.80. The number of thiocarbonyl (C=S) groups is 1. The number of para-hydroxylation sites is 1. The van der Waals surface area contributed by atoms with Crippen molar-refractivity contribution in [2.24, 2.45) is 0 Å². The normalized spacial score (nSPS) is 14.3. The highest BCUT2D eigenvalue weighted by Crippen LogP contribution is 2.37. The van der Waals surface area contributed by atoms with Gasteiger partial charge in [0.15, 0.2) is 23.2 Å². The molecule has 0 saturated carbocycles. The number of carbonyl (C=O) groups is 3. The number of carbonyl (C=O) groups excluding carboxylic acids is 3. The first kappa shape index (κ1) is 27.8. The van der Waals surface area contributed by atoms with Crippen molar-refractivity contribution in [2.75, 3.05) is 23.4 Å². The predicted octanol–water partition coefficient (Wildman–Crippen LogP) is 5.20. The fraction of sp³-hybridized carbons (Fsp3) is 0.172. The maximum absolute atomic E-state index is 13.3. The molecule has 2 N–H and O–H groups in total. The van der Waals surface area contributed by atoms with Gasteiger partial charge in [-0.25, -0.2) is 0 Å². The Morgan fingerprint density at radius 1 is 1.05 bits per heavy atom. The second-order valence-electron chi connectivity index (χ2n) is 8.69. The van der Waals surface area contributed by atoms with Crippen molar-refractivity contribution in [2.45, 2.75) is 20.8 Å². The van der Waals surface area contributed by atoms with Crippen LogP contribution < -0.4 is 25.0 Å². The molecule has 200 valence electrons. The number of hydrogen-bond acceptors (Lipinski definition) is 6. The van der Waals surface area contributed by atoms with Crippen molar-refractivity contribution in [1.82, 2.24) is 5.32 Å². The summed E-state index contributed by atoms with van der Waals surface area (Å²) >= 11 is 11.7. The molecule has 0 spiro atoms. The number of hydrogen-bond donors (Lipinski definition) is 2. The molecule has 0 bridgehead atoms. The first-order chi connectivity index (χ1) is 18.7. The van der Waals surface area contributed by atoms with Crippen LogP contribution in [-0.2, 0) is 14.4 Å². The van der Waals surface area contributed by atoms with E-state index in [1.807, 2.05) is 38.1 Å². The lowest BCUT2D eigenvalue weighted by Gasteiger charge is -2.28. The van der Waals surface area contributed by atoms with E-state index in [-0.39, 0.29) is 46.3 Å². The van der Waals surface area contributed by atoms with Crippen LogP contribution in [0.5, 0.6) is 11.5 Å². The van der Waals surface area contributed by atoms with Crippen molar-refractivity contribution in [3.8, 4) is 11.5 Å². The van der Waals surface area contributed by atoms with Gasteiger partial charge in [0.25, 0.3) is 17.7 Å². The Bertz CT molecular complexity index is 1490. The summed E-state index contributed by atoms with van der Waals surface area (Å²) in [5, 5.41) is 5.48. The minimum absolute atomic E-state index is 0.00999. The van der Waals surface area contributed by atoms with Crippen molar-refractivity contribution < 1.29 is 23.9 Å². The monoisotopic (exact) mass is 563 g/mol. The van der Waals surface area contributed by atoms with Crippen molar-refractivity contribution >= 4 is 64.1 Å². The topological polar surface area (TPSA) is 97.0 Å². The van der Waals surface area contributed by atoms with Gasteiger partial charge in [0, 0.05) is 5.69 Å². The van der Waals surface area contributed by atoms with Gasteiger partial charge in [-0.05, 0) is 92.2 Å². The van der Waals surface area contributed by atoms with E-state index >= 15 is 0 Å². The van der Waals surface area contributed by atoms with Crippen molar-refractivity contribution in [3.63, 3.8) is 0 Å². The van der Waals surface area contributed by atoms with E-state index in [0.717, 1.165) is 11.1 Å². The number of anilines is 2. The molecule has 1 fully saturated rings. The Morgan fingerprint density at radius 3 is 2.49 bits per heavy atom. The zero-order chi connectivity index (χ0) is 28.1.